The van der Waals surface area contributed by atoms with Gasteiger partial charge in [0.1, 0.15) is 11.6 Å². The average Bonchev–Trinajstić information content (AvgIpc) is 2.95. The Morgan fingerprint density at radius 3 is 2.76 bits per heavy atom. The topological polar surface area (TPSA) is 58.9 Å². The van der Waals surface area contributed by atoms with E-state index in [9.17, 15) is 0 Å². The predicted octanol–water partition coefficient (Wildman–Crippen LogP) is 1.87. The Balaban J connectivity index is 1.57. The van der Waals surface area contributed by atoms with Gasteiger partial charge in [-0.15, -0.1) is 0 Å². The van der Waals surface area contributed by atoms with Crippen LogP contribution in [0.15, 0.2) is 24.7 Å². The van der Waals surface area contributed by atoms with Crippen molar-refractivity contribution in [3.63, 3.8) is 0 Å². The van der Waals surface area contributed by atoms with Crippen molar-refractivity contribution in [2.45, 2.75) is 26.2 Å². The summed E-state index contributed by atoms with van der Waals surface area (Å²) in [5, 5.41) is 3.39. The van der Waals surface area contributed by atoms with E-state index in [4.69, 9.17) is 0 Å². The van der Waals surface area contributed by atoms with Crippen LogP contribution in [0.4, 0.5) is 5.82 Å². The van der Waals surface area contributed by atoms with Crippen molar-refractivity contribution in [3.05, 3.63) is 30.5 Å². The fourth-order valence-electron chi connectivity index (χ4n) is 2.68. The quantitative estimate of drug-likeness (QED) is 0.909. The molecule has 3 heterocycles. The van der Waals surface area contributed by atoms with Gasteiger partial charge < -0.3 is 10.2 Å². The first-order valence-corrected chi connectivity index (χ1v) is 7.62. The van der Waals surface area contributed by atoms with E-state index >= 15 is 0 Å². The third kappa shape index (κ3) is 3.58. The third-order valence-electron chi connectivity index (χ3n) is 3.87. The minimum Gasteiger partial charge on any atom is -0.369 e. The molecule has 0 spiro atoms. The van der Waals surface area contributed by atoms with E-state index in [2.05, 4.69) is 25.2 Å². The third-order valence-corrected chi connectivity index (χ3v) is 3.87. The number of hydrogen-bond acceptors (Lipinski definition) is 5. The van der Waals surface area contributed by atoms with Crippen LogP contribution >= 0.6 is 0 Å². The second-order valence-corrected chi connectivity index (χ2v) is 5.42. The highest BCUT2D eigenvalue weighted by atomic mass is 15.2. The fraction of sp³-hybridized carbons (Fsp3) is 0.533. The molecule has 6 heteroatoms. The number of likely N-dealkylation sites (tertiary alicyclic amines) is 1. The molecule has 2 aromatic heterocycles. The van der Waals surface area contributed by atoms with Crippen molar-refractivity contribution in [1.29, 1.82) is 0 Å². The van der Waals surface area contributed by atoms with Crippen LogP contribution in [0.25, 0.3) is 5.95 Å². The largest absolute Gasteiger partial charge is 0.369 e. The average molecular weight is 286 g/mol. The minimum atomic E-state index is 0.660. The van der Waals surface area contributed by atoms with Gasteiger partial charge in [0, 0.05) is 31.7 Å². The first kappa shape index (κ1) is 14.0. The highest BCUT2D eigenvalue weighted by molar-refractivity contribution is 5.36. The van der Waals surface area contributed by atoms with Crippen LogP contribution in [0.2, 0.25) is 0 Å². The number of piperidine rings is 1. The first-order valence-electron chi connectivity index (χ1n) is 7.62. The number of imidazole rings is 1. The zero-order valence-electron chi connectivity index (χ0n) is 12.5. The van der Waals surface area contributed by atoms with Gasteiger partial charge in [-0.1, -0.05) is 6.42 Å². The molecule has 0 aromatic carbocycles. The molecule has 0 radical (unpaired) electrons. The lowest BCUT2D eigenvalue weighted by Crippen LogP contribution is -2.33. The van der Waals surface area contributed by atoms with E-state index < -0.39 is 0 Å². The molecule has 0 atom stereocenters. The maximum Gasteiger partial charge on any atom is 0.237 e. The van der Waals surface area contributed by atoms with Crippen molar-refractivity contribution in [2.75, 3.05) is 31.5 Å². The van der Waals surface area contributed by atoms with Crippen LogP contribution in [0.1, 0.15) is 25.1 Å². The molecule has 0 amide bonds. The molecule has 0 aliphatic carbocycles. The van der Waals surface area contributed by atoms with Crippen LogP contribution in [-0.4, -0.2) is 50.6 Å². The molecule has 1 N–H and O–H groups in total. The maximum absolute atomic E-state index is 4.54. The second kappa shape index (κ2) is 6.67. The molecule has 112 valence electrons. The van der Waals surface area contributed by atoms with Gasteiger partial charge in [0.2, 0.25) is 5.95 Å². The zero-order chi connectivity index (χ0) is 14.5. The van der Waals surface area contributed by atoms with Gasteiger partial charge in [0.25, 0.3) is 0 Å². The lowest BCUT2D eigenvalue weighted by Gasteiger charge is -2.26. The summed E-state index contributed by atoms with van der Waals surface area (Å²) in [7, 11) is 0. The van der Waals surface area contributed by atoms with Gasteiger partial charge in [-0.2, -0.15) is 4.98 Å². The van der Waals surface area contributed by atoms with Crippen molar-refractivity contribution < 1.29 is 0 Å². The van der Waals surface area contributed by atoms with E-state index in [1.54, 1.807) is 12.4 Å². The van der Waals surface area contributed by atoms with Crippen molar-refractivity contribution >= 4 is 5.82 Å². The Morgan fingerprint density at radius 1 is 1.14 bits per heavy atom. The lowest BCUT2D eigenvalue weighted by atomic mass is 10.1. The highest BCUT2D eigenvalue weighted by Gasteiger charge is 2.09. The summed E-state index contributed by atoms with van der Waals surface area (Å²) in [4.78, 5) is 15.6. The number of anilines is 1. The Hall–Kier alpha value is -1.95. The van der Waals surface area contributed by atoms with Gasteiger partial charge >= 0.3 is 0 Å². The van der Waals surface area contributed by atoms with Crippen molar-refractivity contribution in [3.8, 4) is 5.95 Å². The van der Waals surface area contributed by atoms with Crippen LogP contribution in [-0.2, 0) is 0 Å². The molecule has 0 saturated carbocycles. The molecular formula is C15H22N6. The molecule has 0 bridgehead atoms. The molecule has 1 aliphatic rings. The molecule has 6 nitrogen and oxygen atoms in total. The molecule has 1 fully saturated rings. The summed E-state index contributed by atoms with van der Waals surface area (Å²) in [6, 6.07) is 1.91. The van der Waals surface area contributed by atoms with Crippen LogP contribution in [0, 0.1) is 6.92 Å². The van der Waals surface area contributed by atoms with E-state index in [-0.39, 0.29) is 0 Å². The van der Waals surface area contributed by atoms with E-state index in [0.717, 1.165) is 24.7 Å². The molecule has 2 aromatic rings. The van der Waals surface area contributed by atoms with E-state index in [1.165, 1.54) is 32.4 Å². The molecular weight excluding hydrogens is 264 g/mol. The summed E-state index contributed by atoms with van der Waals surface area (Å²) >= 11 is 0. The summed E-state index contributed by atoms with van der Waals surface area (Å²) in [6.07, 6.45) is 9.46. The summed E-state index contributed by atoms with van der Waals surface area (Å²) in [6.45, 7) is 6.39. The number of nitrogens with zero attached hydrogens (tertiary/aromatic N) is 5. The van der Waals surface area contributed by atoms with E-state index in [0.29, 0.717) is 5.95 Å². The minimum absolute atomic E-state index is 0.660. The smallest absolute Gasteiger partial charge is 0.237 e. The molecule has 3 rings (SSSR count). The fourth-order valence-corrected chi connectivity index (χ4v) is 2.68. The van der Waals surface area contributed by atoms with Crippen LogP contribution in [0.5, 0.6) is 0 Å². The molecule has 0 unspecified atom stereocenters. The Kier molecular flexibility index (Phi) is 4.45. The van der Waals surface area contributed by atoms with Gasteiger partial charge in [-0.05, 0) is 38.9 Å². The number of nitrogens with one attached hydrogen (secondary N) is 1. The number of hydrogen-bond donors (Lipinski definition) is 1. The normalized spacial score (nSPS) is 16.0. The number of aryl methyl sites for hydroxylation is 1. The summed E-state index contributed by atoms with van der Waals surface area (Å²) in [5.41, 5.74) is 0. The molecule has 1 aliphatic heterocycles. The van der Waals surface area contributed by atoms with Crippen molar-refractivity contribution in [2.24, 2.45) is 0 Å². The summed E-state index contributed by atoms with van der Waals surface area (Å²) < 4.78 is 1.88. The van der Waals surface area contributed by atoms with Gasteiger partial charge in [-0.25, -0.2) is 9.97 Å². The van der Waals surface area contributed by atoms with Gasteiger partial charge in [0.05, 0.1) is 0 Å². The Labute approximate surface area is 125 Å². The number of rotatable bonds is 5. The second-order valence-electron chi connectivity index (χ2n) is 5.42. The highest BCUT2D eigenvalue weighted by Crippen LogP contribution is 2.10. The monoisotopic (exact) mass is 286 g/mol. The Morgan fingerprint density at radius 2 is 2.00 bits per heavy atom. The Bertz CT molecular complexity index is 573. The molecule has 21 heavy (non-hydrogen) atoms. The van der Waals surface area contributed by atoms with Crippen LogP contribution < -0.4 is 5.32 Å². The standard InChI is InChI=1S/C15H22N6/c1-13-16-8-12-21(13)15-18-6-5-14(19-15)17-7-11-20-9-3-2-4-10-20/h5-6,8,12H,2-4,7,9-11H2,1H3,(H,17,18,19). The zero-order valence-corrected chi connectivity index (χ0v) is 12.5. The first-order chi connectivity index (χ1) is 10.3. The van der Waals surface area contributed by atoms with Crippen molar-refractivity contribution in [1.82, 2.24) is 24.4 Å². The summed E-state index contributed by atoms with van der Waals surface area (Å²) in [5.74, 6) is 2.42. The molecule has 1 saturated heterocycles. The van der Waals surface area contributed by atoms with Crippen LogP contribution in [0.3, 0.4) is 0 Å². The lowest BCUT2D eigenvalue weighted by molar-refractivity contribution is 0.237. The number of aromatic nitrogens is 4. The predicted molar refractivity (Wildman–Crippen MR) is 82.7 cm³/mol. The van der Waals surface area contributed by atoms with E-state index in [1.807, 2.05) is 23.8 Å². The SMILES string of the molecule is Cc1nccn1-c1nccc(NCCN2CCCCC2)n1. The van der Waals surface area contributed by atoms with Gasteiger partial charge in [0.15, 0.2) is 0 Å². The maximum atomic E-state index is 4.54. The van der Waals surface area contributed by atoms with Gasteiger partial charge in [-0.3, -0.25) is 4.57 Å².